The van der Waals surface area contributed by atoms with E-state index in [-0.39, 0.29) is 12.7 Å². The topological polar surface area (TPSA) is 107 Å². The van der Waals surface area contributed by atoms with Gasteiger partial charge in [0, 0.05) is 19.7 Å². The second kappa shape index (κ2) is 8.55. The number of aliphatic hydroxyl groups is 1. The fourth-order valence-corrected chi connectivity index (χ4v) is 4.07. The summed E-state index contributed by atoms with van der Waals surface area (Å²) in [6, 6.07) is 9.26. The first kappa shape index (κ1) is 21.0. The summed E-state index contributed by atoms with van der Waals surface area (Å²) in [5.74, 6) is 0.334. The number of aryl methyl sites for hydroxylation is 1. The van der Waals surface area contributed by atoms with Gasteiger partial charge in [-0.3, -0.25) is 0 Å². The molecule has 0 spiro atoms. The molecule has 4 heterocycles. The smallest absolute Gasteiger partial charge is 0.253 e. The molecule has 2 aliphatic rings. The molecule has 10 heteroatoms. The maximum atomic E-state index is 11.3. The normalized spacial score (nSPS) is 28.2. The Morgan fingerprint density at radius 3 is 2.75 bits per heavy atom. The Morgan fingerprint density at radius 1 is 1.16 bits per heavy atom. The molecule has 5 unspecified atom stereocenters. The second-order valence-electron chi connectivity index (χ2n) is 8.25. The van der Waals surface area contributed by atoms with Gasteiger partial charge >= 0.3 is 0 Å². The molecule has 168 valence electrons. The number of imidazole rings is 1. The number of ether oxygens (including phenoxy) is 3. The minimum Gasteiger partial charge on any atom is -0.388 e. The average molecular weight is 438 g/mol. The number of aliphatic imine (C=N–C) groups is 1. The lowest BCUT2D eigenvalue weighted by Gasteiger charge is -2.45. The fraction of sp³-hybridized carbons (Fsp3) is 0.455. The highest BCUT2D eigenvalue weighted by Gasteiger charge is 2.46. The van der Waals surface area contributed by atoms with E-state index in [9.17, 15) is 5.11 Å². The van der Waals surface area contributed by atoms with Gasteiger partial charge < -0.3 is 28.8 Å². The number of aliphatic hydroxyl groups excluding tert-OH is 1. The molecule has 1 aromatic carbocycles. The van der Waals surface area contributed by atoms with Crippen LogP contribution in [0.25, 0.3) is 11.2 Å². The number of benzene rings is 1. The van der Waals surface area contributed by atoms with Gasteiger partial charge in [-0.25, -0.2) is 15.0 Å². The van der Waals surface area contributed by atoms with Gasteiger partial charge in [0.15, 0.2) is 11.9 Å². The summed E-state index contributed by atoms with van der Waals surface area (Å²) < 4.78 is 19.8. The zero-order valence-corrected chi connectivity index (χ0v) is 18.2. The Morgan fingerprint density at radius 2 is 1.97 bits per heavy atom. The number of fused-ring (bicyclic) bond motifs is 2. The van der Waals surface area contributed by atoms with Crippen molar-refractivity contribution >= 4 is 23.5 Å². The Kier molecular flexibility index (Phi) is 5.60. The first-order valence-corrected chi connectivity index (χ1v) is 10.5. The summed E-state index contributed by atoms with van der Waals surface area (Å²) >= 11 is 0. The second-order valence-corrected chi connectivity index (χ2v) is 8.25. The largest absolute Gasteiger partial charge is 0.388 e. The SMILES string of the molecule is Cc1nc(/N=C/N(C)C)nc2c1ncn2C1COC2COC(c3ccccc3)OC2C1O. The molecule has 1 N–H and O–H groups in total. The summed E-state index contributed by atoms with van der Waals surface area (Å²) in [5, 5.41) is 11.3. The Labute approximate surface area is 185 Å². The zero-order chi connectivity index (χ0) is 22.2. The molecule has 0 saturated carbocycles. The fourth-order valence-electron chi connectivity index (χ4n) is 4.07. The predicted molar refractivity (Wildman–Crippen MR) is 117 cm³/mol. The van der Waals surface area contributed by atoms with E-state index in [0.29, 0.717) is 23.7 Å². The molecular weight excluding hydrogens is 412 g/mol. The van der Waals surface area contributed by atoms with Gasteiger partial charge in [-0.2, -0.15) is 4.98 Å². The number of hydrogen-bond acceptors (Lipinski definition) is 8. The van der Waals surface area contributed by atoms with Crippen LogP contribution in [0.1, 0.15) is 23.6 Å². The Balaban J connectivity index is 1.44. The molecule has 5 atom stereocenters. The lowest BCUT2D eigenvalue weighted by Crippen LogP contribution is -2.56. The number of rotatable bonds is 4. The van der Waals surface area contributed by atoms with Crippen molar-refractivity contribution in [3.63, 3.8) is 0 Å². The van der Waals surface area contributed by atoms with Crippen molar-refractivity contribution in [1.82, 2.24) is 24.4 Å². The molecule has 2 aromatic heterocycles. The van der Waals surface area contributed by atoms with Gasteiger partial charge in [-0.15, -0.1) is 0 Å². The predicted octanol–water partition coefficient (Wildman–Crippen LogP) is 1.77. The van der Waals surface area contributed by atoms with Crippen molar-refractivity contribution in [3.8, 4) is 0 Å². The number of hydrogen-bond donors (Lipinski definition) is 1. The molecule has 3 aromatic rings. The van der Waals surface area contributed by atoms with Crippen molar-refractivity contribution in [1.29, 1.82) is 0 Å². The zero-order valence-electron chi connectivity index (χ0n) is 18.2. The molecule has 10 nitrogen and oxygen atoms in total. The first-order chi connectivity index (χ1) is 15.5. The third-order valence-corrected chi connectivity index (χ3v) is 5.69. The molecule has 0 amide bonds. The van der Waals surface area contributed by atoms with Gasteiger partial charge in [0.05, 0.1) is 37.6 Å². The third-order valence-electron chi connectivity index (χ3n) is 5.69. The van der Waals surface area contributed by atoms with Crippen LogP contribution in [0.2, 0.25) is 0 Å². The van der Waals surface area contributed by atoms with Gasteiger partial charge in [0.2, 0.25) is 0 Å². The molecule has 0 radical (unpaired) electrons. The molecule has 0 bridgehead atoms. The van der Waals surface area contributed by atoms with E-state index in [4.69, 9.17) is 14.2 Å². The summed E-state index contributed by atoms with van der Waals surface area (Å²) in [6.45, 7) is 2.51. The van der Waals surface area contributed by atoms with Crippen LogP contribution in [0.5, 0.6) is 0 Å². The average Bonchev–Trinajstić information content (AvgIpc) is 3.23. The van der Waals surface area contributed by atoms with Crippen LogP contribution in [0, 0.1) is 6.92 Å². The van der Waals surface area contributed by atoms with Crippen molar-refractivity contribution < 1.29 is 19.3 Å². The van der Waals surface area contributed by atoms with E-state index < -0.39 is 24.5 Å². The highest BCUT2D eigenvalue weighted by atomic mass is 16.7. The number of nitrogens with zero attached hydrogens (tertiary/aromatic N) is 6. The van der Waals surface area contributed by atoms with Crippen LogP contribution in [-0.4, -0.2) is 81.5 Å². The highest BCUT2D eigenvalue weighted by Crippen LogP contribution is 2.36. The van der Waals surface area contributed by atoms with Crippen LogP contribution < -0.4 is 0 Å². The van der Waals surface area contributed by atoms with Crippen molar-refractivity contribution in [2.75, 3.05) is 27.3 Å². The summed E-state index contributed by atoms with van der Waals surface area (Å²) in [5.41, 5.74) is 2.88. The molecule has 5 rings (SSSR count). The van der Waals surface area contributed by atoms with Crippen LogP contribution in [-0.2, 0) is 14.2 Å². The van der Waals surface area contributed by atoms with Gasteiger partial charge in [0.1, 0.15) is 23.8 Å². The third kappa shape index (κ3) is 3.86. The first-order valence-electron chi connectivity index (χ1n) is 10.5. The summed E-state index contributed by atoms with van der Waals surface area (Å²) in [7, 11) is 3.75. The lowest BCUT2D eigenvalue weighted by molar-refractivity contribution is -0.306. The van der Waals surface area contributed by atoms with E-state index in [1.807, 2.05) is 60.8 Å². The molecule has 2 fully saturated rings. The molecule has 2 aliphatic heterocycles. The van der Waals surface area contributed by atoms with Gasteiger partial charge in [-0.05, 0) is 6.92 Å². The number of aromatic nitrogens is 4. The molecule has 32 heavy (non-hydrogen) atoms. The van der Waals surface area contributed by atoms with E-state index in [1.54, 1.807) is 12.7 Å². The van der Waals surface area contributed by atoms with E-state index in [2.05, 4.69) is 19.9 Å². The summed E-state index contributed by atoms with van der Waals surface area (Å²) in [6.07, 6.45) is 1.05. The van der Waals surface area contributed by atoms with E-state index >= 15 is 0 Å². The summed E-state index contributed by atoms with van der Waals surface area (Å²) in [4.78, 5) is 19.6. The quantitative estimate of drug-likeness (QED) is 0.485. The van der Waals surface area contributed by atoms with Gasteiger partial charge in [0.25, 0.3) is 5.95 Å². The van der Waals surface area contributed by atoms with Crippen LogP contribution in [0.4, 0.5) is 5.95 Å². The monoisotopic (exact) mass is 438 g/mol. The minimum absolute atomic E-state index is 0.288. The van der Waals surface area contributed by atoms with Gasteiger partial charge in [-0.1, -0.05) is 30.3 Å². The lowest BCUT2D eigenvalue weighted by atomic mass is 9.97. The molecular formula is C22H26N6O4. The molecule has 0 aliphatic carbocycles. The van der Waals surface area contributed by atoms with Crippen molar-refractivity contribution in [2.24, 2.45) is 4.99 Å². The molecule has 2 saturated heterocycles. The Hall–Kier alpha value is -2.92. The van der Waals surface area contributed by atoms with E-state index in [0.717, 1.165) is 11.3 Å². The van der Waals surface area contributed by atoms with Crippen molar-refractivity contribution in [2.45, 2.75) is 37.6 Å². The van der Waals surface area contributed by atoms with Crippen LogP contribution in [0.15, 0.2) is 41.7 Å². The highest BCUT2D eigenvalue weighted by molar-refractivity contribution is 5.75. The van der Waals surface area contributed by atoms with Crippen molar-refractivity contribution in [3.05, 3.63) is 47.9 Å². The van der Waals surface area contributed by atoms with E-state index in [1.165, 1.54) is 0 Å². The minimum atomic E-state index is -0.828. The maximum absolute atomic E-state index is 11.3. The van der Waals surface area contributed by atoms with Crippen LogP contribution in [0.3, 0.4) is 0 Å². The standard InChI is InChI=1S/C22H26N6O4/c1-13-17-20(26-22(25-13)24-11-27(2)3)28(12-23-17)15-9-30-16-10-31-21(32-19(16)18(15)29)14-7-5-4-6-8-14/h4-8,11-12,15-16,18-19,21,29H,9-10H2,1-3H3/b24-11+. The maximum Gasteiger partial charge on any atom is 0.253 e. The Bertz CT molecular complexity index is 1120. The van der Waals surface area contributed by atoms with Crippen LogP contribution >= 0.6 is 0 Å².